The summed E-state index contributed by atoms with van der Waals surface area (Å²) in [6.45, 7) is 20.2. The third-order valence-electron chi connectivity index (χ3n) is 4.74. The summed E-state index contributed by atoms with van der Waals surface area (Å²) in [7, 11) is -2.24. The summed E-state index contributed by atoms with van der Waals surface area (Å²) in [6, 6.07) is 0. The first-order valence-electron chi connectivity index (χ1n) is 8.70. The molecule has 2 aliphatic rings. The van der Waals surface area contributed by atoms with E-state index in [-0.39, 0.29) is 24.8 Å². The second-order valence-electron chi connectivity index (χ2n) is 9.13. The van der Waals surface area contributed by atoms with Gasteiger partial charge >= 0.3 is 149 Å². The molecule has 0 spiro atoms. The Morgan fingerprint density at radius 2 is 1.08 bits per heavy atom. The summed E-state index contributed by atoms with van der Waals surface area (Å²) in [5.41, 5.74) is 0. The first-order valence-corrected chi connectivity index (χ1v) is 28.4. The maximum Gasteiger partial charge on any atom is -0.147 e. The molecule has 0 heterocycles. The van der Waals surface area contributed by atoms with Crippen LogP contribution in [-0.2, 0) is 20.6 Å². The fourth-order valence-electron chi connectivity index (χ4n) is 3.42. The zero-order valence-electron chi connectivity index (χ0n) is 16.6. The fraction of sp³-hybridized carbons (Fsp3) is 0.556. The maximum atomic E-state index is 2.69. The topological polar surface area (TPSA) is 0 Å². The Kier molecular flexibility index (Phi) is 9.73. The minimum atomic E-state index is -1.69. The van der Waals surface area contributed by atoms with Gasteiger partial charge in [-0.3, -0.25) is 0 Å². The predicted molar refractivity (Wildman–Crippen MR) is 122 cm³/mol. The molecule has 24 heavy (non-hydrogen) atoms. The van der Waals surface area contributed by atoms with Gasteiger partial charge in [0.2, 0.25) is 0 Å². The maximum absolute atomic E-state index is 2.69. The molecule has 6 heteroatoms. The Balaban J connectivity index is 0.00000264. The number of halogens is 2. The van der Waals surface area contributed by atoms with Gasteiger partial charge in [-0.05, 0) is 0 Å². The largest absolute Gasteiger partial charge is 0.147 e. The van der Waals surface area contributed by atoms with E-state index in [1.165, 1.54) is 12.8 Å². The van der Waals surface area contributed by atoms with Crippen LogP contribution >= 0.6 is 24.8 Å². The van der Waals surface area contributed by atoms with Crippen molar-refractivity contribution in [1.29, 1.82) is 0 Å². The van der Waals surface area contributed by atoms with E-state index in [0.29, 0.717) is 0 Å². The Hall–Kier alpha value is 1.06. The number of hydrogen-bond donors (Lipinski definition) is 0. The summed E-state index contributed by atoms with van der Waals surface area (Å²) in [5, 5.41) is 3.47. The van der Waals surface area contributed by atoms with Gasteiger partial charge in [-0.1, -0.05) is 0 Å². The Bertz CT molecular complexity index is 528. The van der Waals surface area contributed by atoms with Crippen molar-refractivity contribution in [2.75, 3.05) is 0 Å². The smallest absolute Gasteiger partial charge is 0.147 e. The minimum Gasteiger partial charge on any atom is -0.147 e. The number of rotatable bonds is 5. The van der Waals surface area contributed by atoms with E-state index in [2.05, 4.69) is 76.7 Å². The first-order chi connectivity index (χ1) is 10.00. The van der Waals surface area contributed by atoms with Crippen molar-refractivity contribution in [3.63, 3.8) is 0 Å². The molecular formula is C18H35Cl2HfSi3. The van der Waals surface area contributed by atoms with Crippen LogP contribution in [-0.4, -0.2) is 22.1 Å². The van der Waals surface area contributed by atoms with Crippen molar-refractivity contribution in [1.82, 2.24) is 0 Å². The van der Waals surface area contributed by atoms with Gasteiger partial charge in [0.1, 0.15) is 0 Å². The van der Waals surface area contributed by atoms with E-state index in [9.17, 15) is 0 Å². The van der Waals surface area contributed by atoms with Crippen LogP contribution in [0.5, 0.6) is 0 Å². The van der Waals surface area contributed by atoms with E-state index >= 15 is 0 Å². The van der Waals surface area contributed by atoms with Gasteiger partial charge in [0, 0.05) is 0 Å². The van der Waals surface area contributed by atoms with E-state index < -0.39 is 42.7 Å². The summed E-state index contributed by atoms with van der Waals surface area (Å²) in [6.07, 6.45) is 13.2. The molecule has 2 rings (SSSR count). The van der Waals surface area contributed by atoms with Gasteiger partial charge in [-0.15, -0.1) is 24.8 Å². The molecule has 0 nitrogen and oxygen atoms in total. The summed E-state index contributed by atoms with van der Waals surface area (Å²) in [5.74, 6) is -0.514. The van der Waals surface area contributed by atoms with E-state index in [1.807, 2.05) is 6.66 Å². The van der Waals surface area contributed by atoms with Gasteiger partial charge in [0.25, 0.3) is 0 Å². The zero-order chi connectivity index (χ0) is 16.7. The second kappa shape index (κ2) is 9.32. The van der Waals surface area contributed by atoms with Crippen LogP contribution in [0.2, 0.25) is 52.4 Å². The summed E-state index contributed by atoms with van der Waals surface area (Å²) < 4.78 is 3.89. The zero-order valence-corrected chi connectivity index (χ0v) is 25.0. The SMILES string of the molecule is C[SiH](C)[Hf]([C]1=CC([Si](C)(C)C)=CC1)[C]1=CC([Si](C)(C)C)=CC1.Cl.Cl. The molecule has 0 fully saturated rings. The molecule has 0 aromatic carbocycles. The molecule has 0 bridgehead atoms. The molecule has 0 atom stereocenters. The molecule has 0 unspecified atom stereocenters. The molecule has 137 valence electrons. The summed E-state index contributed by atoms with van der Waals surface area (Å²) >= 11 is -1.69. The first kappa shape index (κ1) is 25.1. The molecule has 2 aliphatic carbocycles. The van der Waals surface area contributed by atoms with Crippen LogP contribution < -0.4 is 0 Å². The van der Waals surface area contributed by atoms with Crippen LogP contribution in [0.3, 0.4) is 0 Å². The minimum absolute atomic E-state index is 0. The van der Waals surface area contributed by atoms with Crippen molar-refractivity contribution in [3.05, 3.63) is 41.4 Å². The van der Waals surface area contributed by atoms with E-state index in [0.717, 1.165) is 0 Å². The number of hydrogen-bond acceptors (Lipinski definition) is 0. The Morgan fingerprint density at radius 1 is 0.750 bits per heavy atom. The third-order valence-corrected chi connectivity index (χ3v) is 36.1. The van der Waals surface area contributed by atoms with Crippen molar-refractivity contribution < 1.29 is 20.6 Å². The molecule has 0 saturated heterocycles. The third kappa shape index (κ3) is 6.05. The predicted octanol–water partition coefficient (Wildman–Crippen LogP) is 6.61. The van der Waals surface area contributed by atoms with Gasteiger partial charge in [-0.2, -0.15) is 0 Å². The van der Waals surface area contributed by atoms with E-state index in [4.69, 9.17) is 0 Å². The Labute approximate surface area is 172 Å². The molecule has 0 aliphatic heterocycles. The van der Waals surface area contributed by atoms with Crippen molar-refractivity contribution in [2.24, 2.45) is 0 Å². The van der Waals surface area contributed by atoms with Gasteiger partial charge in [0.15, 0.2) is 0 Å². The molecule has 0 aromatic heterocycles. The van der Waals surface area contributed by atoms with Crippen LogP contribution in [0, 0.1) is 0 Å². The van der Waals surface area contributed by atoms with Gasteiger partial charge in [0.05, 0.1) is 0 Å². The summed E-state index contributed by atoms with van der Waals surface area (Å²) in [4.78, 5) is 0. The van der Waals surface area contributed by atoms with E-state index in [1.54, 1.807) is 10.4 Å². The molecule has 0 N–H and O–H groups in total. The molecular weight excluding hydrogens is 550 g/mol. The average molecular weight is 585 g/mol. The molecule has 0 amide bonds. The quantitative estimate of drug-likeness (QED) is 0.319. The van der Waals surface area contributed by atoms with Crippen LogP contribution in [0.1, 0.15) is 12.8 Å². The van der Waals surface area contributed by atoms with Crippen molar-refractivity contribution in [2.45, 2.75) is 65.2 Å². The Morgan fingerprint density at radius 3 is 1.29 bits per heavy atom. The van der Waals surface area contributed by atoms with Gasteiger partial charge in [-0.25, -0.2) is 0 Å². The van der Waals surface area contributed by atoms with Crippen LogP contribution in [0.15, 0.2) is 41.4 Å². The standard InChI is InChI=1S/2C8H13Si.C2H7Si.2ClH.Hf/c2*1-9(2,3)8-6-4-5-7-8;1-3-2;;;/h2*6-7H,4H2,1-3H3;3H,1-2H3;2*1H;. The fourth-order valence-corrected chi connectivity index (χ4v) is 33.9. The van der Waals surface area contributed by atoms with Crippen molar-refractivity contribution >= 4 is 46.9 Å². The normalized spacial score (nSPS) is 17.5. The number of allylic oxidation sites excluding steroid dienone is 8. The monoisotopic (exact) mass is 585 g/mol. The average Bonchev–Trinajstić information content (AvgIpc) is 2.95. The van der Waals surface area contributed by atoms with Crippen LogP contribution in [0.4, 0.5) is 0 Å². The molecule has 0 radical (unpaired) electrons. The van der Waals surface area contributed by atoms with Crippen LogP contribution in [0.25, 0.3) is 0 Å². The molecule has 0 saturated carbocycles. The molecule has 0 aromatic rings. The van der Waals surface area contributed by atoms with Gasteiger partial charge < -0.3 is 0 Å². The van der Waals surface area contributed by atoms with Crippen molar-refractivity contribution in [3.8, 4) is 0 Å². The second-order valence-corrected chi connectivity index (χ2v) is 46.4.